The Balaban J connectivity index is 1.85. The second-order valence-electron chi connectivity index (χ2n) is 5.91. The van der Waals surface area contributed by atoms with Gasteiger partial charge in [0.15, 0.2) is 0 Å². The van der Waals surface area contributed by atoms with Crippen molar-refractivity contribution in [2.75, 3.05) is 20.2 Å². The number of ether oxygens (including phenoxy) is 1. The minimum atomic E-state index is -3.54. The van der Waals surface area contributed by atoms with Crippen molar-refractivity contribution in [3.8, 4) is 5.75 Å². The molecule has 1 aromatic carbocycles. The predicted octanol–water partition coefficient (Wildman–Crippen LogP) is 2.36. The fraction of sp³-hybridized carbons (Fsp3) is 0.412. The Morgan fingerprint density at radius 2 is 2.12 bits per heavy atom. The number of hydrogen-bond donors (Lipinski definition) is 0. The number of nitrogens with zero attached hydrogens (tertiary/aromatic N) is 3. The highest BCUT2D eigenvalue weighted by atomic mass is 32.2. The maximum Gasteiger partial charge on any atom is 0.243 e. The van der Waals surface area contributed by atoms with Crippen LogP contribution in [-0.2, 0) is 10.0 Å². The van der Waals surface area contributed by atoms with E-state index in [1.165, 1.54) is 7.11 Å². The largest absolute Gasteiger partial charge is 0.497 e. The molecule has 0 amide bonds. The van der Waals surface area contributed by atoms with E-state index in [1.807, 2.05) is 13.0 Å². The first-order valence-corrected chi connectivity index (χ1v) is 9.38. The maximum atomic E-state index is 12.9. The molecule has 0 unspecified atom stereocenters. The van der Waals surface area contributed by atoms with Crippen LogP contribution in [0.2, 0.25) is 0 Å². The van der Waals surface area contributed by atoms with Crippen molar-refractivity contribution in [1.82, 2.24) is 14.3 Å². The monoisotopic (exact) mass is 347 g/mol. The van der Waals surface area contributed by atoms with Crippen LogP contribution in [0, 0.1) is 6.92 Å². The molecule has 1 aliphatic rings. The summed E-state index contributed by atoms with van der Waals surface area (Å²) in [5.41, 5.74) is 0.910. The van der Waals surface area contributed by atoms with Gasteiger partial charge in [0.1, 0.15) is 11.6 Å². The third-order valence-corrected chi connectivity index (χ3v) is 6.14. The summed E-state index contributed by atoms with van der Waals surface area (Å²) >= 11 is 0. The molecule has 0 saturated carbocycles. The minimum absolute atomic E-state index is 0.0980. The van der Waals surface area contributed by atoms with Gasteiger partial charge in [-0.3, -0.25) is 0 Å². The van der Waals surface area contributed by atoms with Gasteiger partial charge in [0.05, 0.1) is 12.0 Å². The first-order chi connectivity index (χ1) is 11.5. The molecule has 7 heteroatoms. The Hall–Kier alpha value is -1.99. The Bertz CT molecular complexity index is 823. The fourth-order valence-corrected chi connectivity index (χ4v) is 4.57. The minimum Gasteiger partial charge on any atom is -0.497 e. The molecule has 1 aliphatic heterocycles. The number of piperidine rings is 1. The van der Waals surface area contributed by atoms with Crippen LogP contribution in [0.15, 0.2) is 41.4 Å². The number of hydrogen-bond acceptors (Lipinski definition) is 5. The SMILES string of the molecule is COc1cccc(S(=O)(=O)N2CCC[C@H](c3ccnc(C)n3)C2)c1. The molecule has 2 heterocycles. The van der Waals surface area contributed by atoms with Crippen LogP contribution >= 0.6 is 0 Å². The Labute approximate surface area is 142 Å². The van der Waals surface area contributed by atoms with E-state index >= 15 is 0 Å². The van der Waals surface area contributed by atoms with Gasteiger partial charge in [0.2, 0.25) is 10.0 Å². The highest BCUT2D eigenvalue weighted by molar-refractivity contribution is 7.89. The zero-order valence-electron chi connectivity index (χ0n) is 13.8. The molecule has 0 N–H and O–H groups in total. The lowest BCUT2D eigenvalue weighted by molar-refractivity contribution is 0.312. The number of methoxy groups -OCH3 is 1. The normalized spacial score (nSPS) is 19.2. The second-order valence-corrected chi connectivity index (χ2v) is 7.85. The van der Waals surface area contributed by atoms with E-state index in [1.54, 1.807) is 34.8 Å². The topological polar surface area (TPSA) is 72.4 Å². The zero-order chi connectivity index (χ0) is 17.2. The molecule has 3 rings (SSSR count). The van der Waals surface area contributed by atoms with Crippen LogP contribution in [0.5, 0.6) is 5.75 Å². The highest BCUT2D eigenvalue weighted by Gasteiger charge is 2.31. The van der Waals surface area contributed by atoms with Crippen LogP contribution in [0.25, 0.3) is 0 Å². The Morgan fingerprint density at radius 3 is 2.88 bits per heavy atom. The van der Waals surface area contributed by atoms with Crippen molar-refractivity contribution in [3.05, 3.63) is 48.0 Å². The van der Waals surface area contributed by atoms with E-state index in [2.05, 4.69) is 9.97 Å². The molecular formula is C17H21N3O3S. The van der Waals surface area contributed by atoms with Crippen molar-refractivity contribution in [1.29, 1.82) is 0 Å². The van der Waals surface area contributed by atoms with Gasteiger partial charge in [0.25, 0.3) is 0 Å². The van der Waals surface area contributed by atoms with E-state index in [4.69, 9.17) is 4.74 Å². The first-order valence-electron chi connectivity index (χ1n) is 7.94. The fourth-order valence-electron chi connectivity index (χ4n) is 3.01. The molecule has 24 heavy (non-hydrogen) atoms. The van der Waals surface area contributed by atoms with Crippen molar-refractivity contribution in [2.45, 2.75) is 30.6 Å². The molecule has 1 saturated heterocycles. The molecule has 1 aromatic heterocycles. The molecule has 0 aliphatic carbocycles. The van der Waals surface area contributed by atoms with Gasteiger partial charge < -0.3 is 4.74 Å². The maximum absolute atomic E-state index is 12.9. The summed E-state index contributed by atoms with van der Waals surface area (Å²) in [5, 5.41) is 0. The van der Waals surface area contributed by atoms with E-state index in [9.17, 15) is 8.42 Å². The lowest BCUT2D eigenvalue weighted by atomic mass is 9.96. The summed E-state index contributed by atoms with van der Waals surface area (Å²) in [4.78, 5) is 8.84. The zero-order valence-corrected chi connectivity index (χ0v) is 14.7. The molecule has 128 valence electrons. The summed E-state index contributed by atoms with van der Waals surface area (Å²) < 4.78 is 32.6. The smallest absolute Gasteiger partial charge is 0.243 e. The van der Waals surface area contributed by atoms with Gasteiger partial charge in [0, 0.05) is 37.0 Å². The third kappa shape index (κ3) is 3.42. The molecule has 6 nitrogen and oxygen atoms in total. The van der Waals surface area contributed by atoms with Gasteiger partial charge in [-0.1, -0.05) is 6.07 Å². The quantitative estimate of drug-likeness (QED) is 0.849. The number of rotatable bonds is 4. The molecule has 2 aromatic rings. The lowest BCUT2D eigenvalue weighted by Gasteiger charge is -2.31. The van der Waals surface area contributed by atoms with Crippen LogP contribution in [0.4, 0.5) is 0 Å². The lowest BCUT2D eigenvalue weighted by Crippen LogP contribution is -2.39. The molecular weight excluding hydrogens is 326 g/mol. The summed E-state index contributed by atoms with van der Waals surface area (Å²) in [6, 6.07) is 8.48. The van der Waals surface area contributed by atoms with E-state index < -0.39 is 10.0 Å². The van der Waals surface area contributed by atoms with E-state index in [-0.39, 0.29) is 10.8 Å². The summed E-state index contributed by atoms with van der Waals surface area (Å²) in [5.74, 6) is 1.34. The molecule has 0 spiro atoms. The van der Waals surface area contributed by atoms with Gasteiger partial charge in [-0.05, 0) is 38.0 Å². The van der Waals surface area contributed by atoms with Crippen molar-refractivity contribution >= 4 is 10.0 Å². The molecule has 0 bridgehead atoms. The van der Waals surface area contributed by atoms with Crippen LogP contribution in [-0.4, -0.2) is 42.9 Å². The molecule has 1 fully saturated rings. The van der Waals surface area contributed by atoms with Crippen LogP contribution in [0.1, 0.15) is 30.3 Å². The van der Waals surface area contributed by atoms with Crippen molar-refractivity contribution < 1.29 is 13.2 Å². The van der Waals surface area contributed by atoms with E-state index in [0.717, 1.165) is 18.5 Å². The highest BCUT2D eigenvalue weighted by Crippen LogP contribution is 2.30. The third-order valence-electron chi connectivity index (χ3n) is 4.28. The molecule has 0 radical (unpaired) electrons. The second kappa shape index (κ2) is 6.86. The number of benzene rings is 1. The summed E-state index contributed by atoms with van der Waals surface area (Å²) in [6.07, 6.45) is 3.48. The number of aromatic nitrogens is 2. The average molecular weight is 347 g/mol. The average Bonchev–Trinajstić information content (AvgIpc) is 2.62. The number of sulfonamides is 1. The first kappa shape index (κ1) is 16.9. The standard InChI is InChI=1S/C17H21N3O3S/c1-13-18-9-8-17(19-13)14-5-4-10-20(12-14)24(21,22)16-7-3-6-15(11-16)23-2/h3,6-9,11,14H,4-5,10,12H2,1-2H3/t14-/m0/s1. The van der Waals surface area contributed by atoms with Gasteiger partial charge in [-0.2, -0.15) is 4.31 Å². The van der Waals surface area contributed by atoms with Crippen molar-refractivity contribution in [2.24, 2.45) is 0 Å². The Kier molecular flexibility index (Phi) is 4.82. The van der Waals surface area contributed by atoms with Gasteiger partial charge in [-0.25, -0.2) is 18.4 Å². The van der Waals surface area contributed by atoms with Crippen LogP contribution in [0.3, 0.4) is 0 Å². The molecule has 1 atom stereocenters. The summed E-state index contributed by atoms with van der Waals surface area (Å²) in [7, 11) is -2.01. The van der Waals surface area contributed by atoms with Gasteiger partial charge in [-0.15, -0.1) is 0 Å². The summed E-state index contributed by atoms with van der Waals surface area (Å²) in [6.45, 7) is 2.81. The van der Waals surface area contributed by atoms with Gasteiger partial charge >= 0.3 is 0 Å². The Morgan fingerprint density at radius 1 is 1.29 bits per heavy atom. The van der Waals surface area contributed by atoms with Crippen molar-refractivity contribution in [3.63, 3.8) is 0 Å². The number of aryl methyl sites for hydroxylation is 1. The van der Waals surface area contributed by atoms with E-state index in [0.29, 0.717) is 24.7 Å². The van der Waals surface area contributed by atoms with Crippen LogP contribution < -0.4 is 4.74 Å². The predicted molar refractivity (Wildman–Crippen MR) is 90.5 cm³/mol.